The summed E-state index contributed by atoms with van der Waals surface area (Å²) in [6.07, 6.45) is -0.151. The summed E-state index contributed by atoms with van der Waals surface area (Å²) in [6.45, 7) is 1.85. The summed E-state index contributed by atoms with van der Waals surface area (Å²) >= 11 is 0. The number of amides is 2. The second-order valence-corrected chi connectivity index (χ2v) is 7.34. The molecule has 2 amide bonds. The first kappa shape index (κ1) is 16.5. The molecule has 4 rings (SSSR count). The van der Waals surface area contributed by atoms with E-state index in [0.717, 1.165) is 11.3 Å². The van der Waals surface area contributed by atoms with E-state index in [1.54, 1.807) is 7.11 Å². The zero-order valence-corrected chi connectivity index (χ0v) is 14.5. The van der Waals surface area contributed by atoms with Crippen molar-refractivity contribution in [2.24, 2.45) is 0 Å². The first-order chi connectivity index (χ1) is 11.9. The van der Waals surface area contributed by atoms with E-state index in [-0.39, 0.29) is 18.4 Å². The second kappa shape index (κ2) is 5.79. The van der Waals surface area contributed by atoms with Gasteiger partial charge >= 0.3 is 0 Å². The highest BCUT2D eigenvalue weighted by Crippen LogP contribution is 2.40. The van der Waals surface area contributed by atoms with E-state index in [9.17, 15) is 14.7 Å². The molecule has 0 aromatic heterocycles. The number of piperazine rings is 1. The van der Waals surface area contributed by atoms with Gasteiger partial charge < -0.3 is 14.7 Å². The minimum atomic E-state index is -0.669. The number of nitrogens with zero attached hydrogens (tertiary/aromatic N) is 3. The van der Waals surface area contributed by atoms with Crippen LogP contribution in [0.25, 0.3) is 0 Å². The quantitative estimate of drug-likeness (QED) is 0.757. The summed E-state index contributed by atoms with van der Waals surface area (Å²) < 4.78 is 5.15. The van der Waals surface area contributed by atoms with Crippen molar-refractivity contribution in [2.45, 2.75) is 30.7 Å². The molecule has 1 N–H and O–H groups in total. The molecule has 7 heteroatoms. The molecule has 0 saturated carbocycles. The number of likely N-dealkylation sites (N-methyl/N-ethyl adjacent to an activating group) is 1. The molecule has 7 nitrogen and oxygen atoms in total. The lowest BCUT2D eigenvalue weighted by molar-refractivity contribution is -0.179. The fourth-order valence-electron chi connectivity index (χ4n) is 4.40. The number of aliphatic hydroxyl groups is 1. The van der Waals surface area contributed by atoms with Crippen molar-refractivity contribution in [3.8, 4) is 5.75 Å². The Bertz CT molecular complexity index is 699. The van der Waals surface area contributed by atoms with Crippen LogP contribution in [0.2, 0.25) is 0 Å². The summed E-state index contributed by atoms with van der Waals surface area (Å²) in [7, 11) is 3.56. The molecule has 0 unspecified atom stereocenters. The molecule has 25 heavy (non-hydrogen) atoms. The van der Waals surface area contributed by atoms with Crippen molar-refractivity contribution in [1.29, 1.82) is 0 Å². The summed E-state index contributed by atoms with van der Waals surface area (Å²) in [6, 6.07) is 6.99. The minimum absolute atomic E-state index is 0.142. The third kappa shape index (κ3) is 2.46. The van der Waals surface area contributed by atoms with E-state index in [4.69, 9.17) is 4.74 Å². The van der Waals surface area contributed by atoms with Gasteiger partial charge in [0.25, 0.3) is 5.91 Å². The number of methoxy groups -OCH3 is 1. The molecular formula is C18H23N3O4. The van der Waals surface area contributed by atoms with Crippen molar-refractivity contribution < 1.29 is 19.4 Å². The number of benzene rings is 1. The second-order valence-electron chi connectivity index (χ2n) is 7.34. The lowest BCUT2D eigenvalue weighted by atomic mass is 9.83. The maximum atomic E-state index is 13.2. The Morgan fingerprint density at radius 1 is 1.24 bits per heavy atom. The van der Waals surface area contributed by atoms with Gasteiger partial charge in [0.15, 0.2) is 0 Å². The molecule has 0 radical (unpaired) electrons. The van der Waals surface area contributed by atoms with Crippen molar-refractivity contribution >= 4 is 11.8 Å². The van der Waals surface area contributed by atoms with Gasteiger partial charge in [-0.1, -0.05) is 12.1 Å². The molecule has 3 fully saturated rings. The SMILES string of the molecule is COc1ccc(CN2C(=O)[C@@H]3C[C@@H](O)CN3C3(CN(C)C3)C2=O)cc1. The number of carbonyl (C=O) groups excluding carboxylic acids is 2. The van der Waals surface area contributed by atoms with Gasteiger partial charge in [-0.2, -0.15) is 0 Å². The average Bonchev–Trinajstić information content (AvgIpc) is 2.97. The number of carbonyl (C=O) groups is 2. The number of hydrogen-bond donors (Lipinski definition) is 1. The van der Waals surface area contributed by atoms with Crippen LogP contribution >= 0.6 is 0 Å². The van der Waals surface area contributed by atoms with E-state index in [2.05, 4.69) is 4.90 Å². The maximum absolute atomic E-state index is 13.2. The molecule has 3 heterocycles. The van der Waals surface area contributed by atoms with Crippen LogP contribution in [0.5, 0.6) is 5.75 Å². The van der Waals surface area contributed by atoms with Crippen LogP contribution in [-0.2, 0) is 16.1 Å². The Hall–Kier alpha value is -1.96. The molecule has 0 aliphatic carbocycles. The summed E-state index contributed by atoms with van der Waals surface area (Å²) in [5.74, 6) is 0.400. The largest absolute Gasteiger partial charge is 0.497 e. The Morgan fingerprint density at radius 3 is 2.52 bits per heavy atom. The molecule has 1 spiro atoms. The molecular weight excluding hydrogens is 322 g/mol. The van der Waals surface area contributed by atoms with E-state index >= 15 is 0 Å². The lowest BCUT2D eigenvalue weighted by Crippen LogP contribution is -2.80. The van der Waals surface area contributed by atoms with Crippen LogP contribution < -0.4 is 4.74 Å². The minimum Gasteiger partial charge on any atom is -0.497 e. The summed E-state index contributed by atoms with van der Waals surface area (Å²) in [4.78, 5) is 31.5. The van der Waals surface area contributed by atoms with Crippen LogP contribution in [0.3, 0.4) is 0 Å². The van der Waals surface area contributed by atoms with Crippen molar-refractivity contribution in [2.75, 3.05) is 33.8 Å². The van der Waals surface area contributed by atoms with E-state index < -0.39 is 17.7 Å². The molecule has 3 saturated heterocycles. The fourth-order valence-corrected chi connectivity index (χ4v) is 4.40. The normalized spacial score (nSPS) is 29.0. The third-order valence-electron chi connectivity index (χ3n) is 5.59. The van der Waals surface area contributed by atoms with Crippen LogP contribution in [0, 0.1) is 0 Å². The Morgan fingerprint density at radius 2 is 1.92 bits per heavy atom. The average molecular weight is 345 g/mol. The number of hydrogen-bond acceptors (Lipinski definition) is 6. The van der Waals surface area contributed by atoms with Gasteiger partial charge in [0.2, 0.25) is 5.91 Å². The van der Waals surface area contributed by atoms with Crippen LogP contribution in [0.15, 0.2) is 24.3 Å². The van der Waals surface area contributed by atoms with Gasteiger partial charge in [0.05, 0.1) is 25.8 Å². The summed E-state index contributed by atoms with van der Waals surface area (Å²) in [5.41, 5.74) is 0.217. The Balaban J connectivity index is 1.62. The van der Waals surface area contributed by atoms with Crippen molar-refractivity contribution in [3.05, 3.63) is 29.8 Å². The summed E-state index contributed by atoms with van der Waals surface area (Å²) in [5, 5.41) is 10.1. The zero-order chi connectivity index (χ0) is 17.8. The van der Waals surface area contributed by atoms with E-state index in [1.165, 1.54) is 4.90 Å². The highest BCUT2D eigenvalue weighted by Gasteiger charge is 2.63. The van der Waals surface area contributed by atoms with Crippen LogP contribution in [0.4, 0.5) is 0 Å². The molecule has 2 atom stereocenters. The van der Waals surface area contributed by atoms with Gasteiger partial charge in [-0.05, 0) is 31.2 Å². The van der Waals surface area contributed by atoms with Crippen molar-refractivity contribution in [1.82, 2.24) is 14.7 Å². The van der Waals surface area contributed by atoms with E-state index in [0.29, 0.717) is 26.1 Å². The number of fused-ring (bicyclic) bond motifs is 2. The van der Waals surface area contributed by atoms with Gasteiger partial charge in [0.1, 0.15) is 11.3 Å². The first-order valence-electron chi connectivity index (χ1n) is 8.57. The third-order valence-corrected chi connectivity index (χ3v) is 5.59. The maximum Gasteiger partial charge on any atom is 0.252 e. The molecule has 0 bridgehead atoms. The number of rotatable bonds is 3. The Kier molecular flexibility index (Phi) is 3.82. The zero-order valence-electron chi connectivity index (χ0n) is 14.5. The predicted octanol–water partition coefficient (Wildman–Crippen LogP) is -0.317. The number of ether oxygens (including phenoxy) is 1. The highest BCUT2D eigenvalue weighted by atomic mass is 16.5. The van der Waals surface area contributed by atoms with Gasteiger partial charge in [-0.25, -0.2) is 0 Å². The number of likely N-dealkylation sites (tertiary alicyclic amines) is 1. The van der Waals surface area contributed by atoms with Gasteiger partial charge in [-0.15, -0.1) is 0 Å². The molecule has 3 aliphatic heterocycles. The van der Waals surface area contributed by atoms with Crippen LogP contribution in [0.1, 0.15) is 12.0 Å². The van der Waals surface area contributed by atoms with Crippen molar-refractivity contribution in [3.63, 3.8) is 0 Å². The lowest BCUT2D eigenvalue weighted by Gasteiger charge is -2.57. The number of β-amino-alcohol motifs (C(OH)–C–C–N with tert-alkyl or cyclic N) is 1. The first-order valence-corrected chi connectivity index (χ1v) is 8.57. The van der Waals surface area contributed by atoms with Gasteiger partial charge in [-0.3, -0.25) is 19.4 Å². The fraction of sp³-hybridized carbons (Fsp3) is 0.556. The molecule has 134 valence electrons. The smallest absolute Gasteiger partial charge is 0.252 e. The standard InChI is InChI=1S/C18H23N3O4/c1-19-10-18(11-19)17(24)20(8-12-3-5-14(25-2)6-4-12)16(23)15-7-13(22)9-21(15)18/h3-6,13,15,22H,7-11H2,1-2H3/t13-,15+/m1/s1. The Labute approximate surface area is 146 Å². The van der Waals surface area contributed by atoms with Crippen LogP contribution in [-0.4, -0.2) is 83.1 Å². The molecule has 3 aliphatic rings. The number of imide groups is 1. The van der Waals surface area contributed by atoms with Gasteiger partial charge in [0, 0.05) is 19.6 Å². The molecule has 1 aromatic rings. The highest BCUT2D eigenvalue weighted by molar-refractivity contribution is 6.06. The van der Waals surface area contributed by atoms with E-state index in [1.807, 2.05) is 36.2 Å². The topological polar surface area (TPSA) is 73.3 Å². The predicted molar refractivity (Wildman–Crippen MR) is 89.9 cm³/mol. The monoisotopic (exact) mass is 345 g/mol. The molecule has 1 aromatic carbocycles. The number of aliphatic hydroxyl groups excluding tert-OH is 1.